The van der Waals surface area contributed by atoms with Gasteiger partial charge in [-0.2, -0.15) is 0 Å². The van der Waals surface area contributed by atoms with E-state index in [2.05, 4.69) is 0 Å². The Kier molecular flexibility index (Phi) is 4.38. The van der Waals surface area contributed by atoms with E-state index in [4.69, 9.17) is 9.31 Å². The molecule has 1 saturated heterocycles. The lowest BCUT2D eigenvalue weighted by Crippen LogP contribution is -2.49. The molecule has 124 valence electrons. The van der Waals surface area contributed by atoms with Crippen molar-refractivity contribution in [1.29, 1.82) is 0 Å². The summed E-state index contributed by atoms with van der Waals surface area (Å²) in [5.74, 6) is -0.342. The summed E-state index contributed by atoms with van der Waals surface area (Å²) in [6, 6.07) is 12.4. The number of nitro groups is 1. The smallest absolute Gasteiger partial charge is 0.407 e. The van der Waals surface area contributed by atoms with Crippen LogP contribution >= 0.6 is 0 Å². The van der Waals surface area contributed by atoms with E-state index >= 15 is 0 Å². The molecule has 7 heteroatoms. The Hall–Kier alpha value is -2.25. The lowest BCUT2D eigenvalue weighted by molar-refractivity contribution is -0.386. The summed E-state index contributed by atoms with van der Waals surface area (Å²) in [6.45, 7) is 4.25. The molecule has 1 fully saturated rings. The topological polar surface area (TPSA) is 61.6 Å². The summed E-state index contributed by atoms with van der Waals surface area (Å²) in [5.41, 5.74) is 0.775. The van der Waals surface area contributed by atoms with Crippen molar-refractivity contribution in [2.45, 2.75) is 20.0 Å². The molecule has 0 saturated carbocycles. The number of nitro benzene ring substituents is 1. The van der Waals surface area contributed by atoms with Gasteiger partial charge in [0.05, 0.1) is 16.6 Å². The molecule has 0 aromatic heterocycles. The van der Waals surface area contributed by atoms with Crippen LogP contribution in [0.3, 0.4) is 0 Å². The summed E-state index contributed by atoms with van der Waals surface area (Å²) in [7, 11) is -0.691. The molecule has 1 aliphatic heterocycles. The number of para-hydroxylation sites is 1. The fraction of sp³-hybridized carbons (Fsp3) is 0.294. The molecule has 24 heavy (non-hydrogen) atoms. The van der Waals surface area contributed by atoms with Crippen LogP contribution in [0.2, 0.25) is 0 Å². The first-order valence-corrected chi connectivity index (χ1v) is 7.64. The van der Waals surface area contributed by atoms with Gasteiger partial charge < -0.3 is 9.31 Å². The van der Waals surface area contributed by atoms with E-state index in [1.165, 1.54) is 18.2 Å². The average Bonchev–Trinajstić information content (AvgIpc) is 2.55. The van der Waals surface area contributed by atoms with Gasteiger partial charge in [0.1, 0.15) is 5.82 Å². The SMILES string of the molecule is CC1(C)COB(c2ccc(F)cc2)OC1c1ccccc1[N+](=O)[O-]. The van der Waals surface area contributed by atoms with Gasteiger partial charge in [0.15, 0.2) is 0 Å². The zero-order chi connectivity index (χ0) is 17.3. The molecule has 5 nitrogen and oxygen atoms in total. The van der Waals surface area contributed by atoms with E-state index in [9.17, 15) is 14.5 Å². The minimum absolute atomic E-state index is 0.0235. The molecule has 0 spiro atoms. The van der Waals surface area contributed by atoms with Gasteiger partial charge in [-0.1, -0.05) is 38.1 Å². The maximum Gasteiger partial charge on any atom is 0.494 e. The zero-order valence-electron chi connectivity index (χ0n) is 13.4. The first-order chi connectivity index (χ1) is 11.4. The molecular formula is C17H17BFNO4. The van der Waals surface area contributed by atoms with Crippen LogP contribution in [0.25, 0.3) is 0 Å². The molecule has 1 heterocycles. The van der Waals surface area contributed by atoms with E-state index < -0.39 is 23.6 Å². The third-order valence-electron chi connectivity index (χ3n) is 4.13. The molecule has 2 aromatic rings. The highest BCUT2D eigenvalue weighted by atomic mass is 19.1. The number of benzene rings is 2. The monoisotopic (exact) mass is 329 g/mol. The van der Waals surface area contributed by atoms with Crippen LogP contribution in [-0.4, -0.2) is 18.6 Å². The van der Waals surface area contributed by atoms with Crippen LogP contribution in [0.1, 0.15) is 25.5 Å². The van der Waals surface area contributed by atoms with Crippen LogP contribution < -0.4 is 5.46 Å². The maximum absolute atomic E-state index is 13.1. The van der Waals surface area contributed by atoms with Crippen LogP contribution in [-0.2, 0) is 9.31 Å². The van der Waals surface area contributed by atoms with Crippen molar-refractivity contribution in [3.63, 3.8) is 0 Å². The van der Waals surface area contributed by atoms with Crippen molar-refractivity contribution < 1.29 is 18.6 Å². The van der Waals surface area contributed by atoms with Crippen LogP contribution in [0.15, 0.2) is 48.5 Å². The molecule has 0 bridgehead atoms. The van der Waals surface area contributed by atoms with Crippen LogP contribution in [0.5, 0.6) is 0 Å². The second-order valence-corrected chi connectivity index (χ2v) is 6.52. The second kappa shape index (κ2) is 6.34. The van der Waals surface area contributed by atoms with Gasteiger partial charge in [-0.15, -0.1) is 0 Å². The highest BCUT2D eigenvalue weighted by Gasteiger charge is 2.44. The van der Waals surface area contributed by atoms with E-state index in [0.717, 1.165) is 0 Å². The van der Waals surface area contributed by atoms with Gasteiger partial charge in [0.25, 0.3) is 5.69 Å². The highest BCUT2D eigenvalue weighted by molar-refractivity contribution is 6.61. The minimum Gasteiger partial charge on any atom is -0.407 e. The Bertz CT molecular complexity index is 751. The van der Waals surface area contributed by atoms with E-state index in [1.807, 2.05) is 13.8 Å². The van der Waals surface area contributed by atoms with Crippen molar-refractivity contribution in [2.75, 3.05) is 6.61 Å². The fourth-order valence-electron chi connectivity index (χ4n) is 2.88. The van der Waals surface area contributed by atoms with Gasteiger partial charge in [-0.05, 0) is 23.7 Å². The zero-order valence-corrected chi connectivity index (χ0v) is 13.4. The van der Waals surface area contributed by atoms with Crippen LogP contribution in [0, 0.1) is 21.3 Å². The predicted molar refractivity (Wildman–Crippen MR) is 88.4 cm³/mol. The van der Waals surface area contributed by atoms with E-state index in [0.29, 0.717) is 17.6 Å². The van der Waals surface area contributed by atoms with E-state index in [-0.39, 0.29) is 11.5 Å². The second-order valence-electron chi connectivity index (χ2n) is 6.52. The molecule has 0 aliphatic carbocycles. The molecule has 2 aromatic carbocycles. The normalized spacial score (nSPS) is 20.0. The summed E-state index contributed by atoms with van der Waals surface area (Å²) in [6.07, 6.45) is -0.511. The van der Waals surface area contributed by atoms with Gasteiger partial charge in [0.2, 0.25) is 0 Å². The highest BCUT2D eigenvalue weighted by Crippen LogP contribution is 2.43. The Labute approximate surface area is 139 Å². The van der Waals surface area contributed by atoms with Gasteiger partial charge in [-0.25, -0.2) is 4.39 Å². The molecule has 0 N–H and O–H groups in total. The number of nitrogens with zero attached hydrogens (tertiary/aromatic N) is 1. The van der Waals surface area contributed by atoms with Crippen molar-refractivity contribution in [1.82, 2.24) is 0 Å². The largest absolute Gasteiger partial charge is 0.494 e. The minimum atomic E-state index is -0.691. The first-order valence-electron chi connectivity index (χ1n) is 7.64. The standard InChI is InChI=1S/C17H17BFNO4/c1-17(2)11-23-18(12-7-9-13(19)10-8-12)24-16(17)14-5-3-4-6-15(14)20(21)22/h3-10,16H,11H2,1-2H3. The first kappa shape index (κ1) is 16.6. The van der Waals surface area contributed by atoms with Crippen molar-refractivity contribution >= 4 is 18.3 Å². The number of hydrogen-bond acceptors (Lipinski definition) is 4. The quantitative estimate of drug-likeness (QED) is 0.493. The molecule has 1 aliphatic rings. The van der Waals surface area contributed by atoms with Gasteiger partial charge >= 0.3 is 7.12 Å². The van der Waals surface area contributed by atoms with Crippen molar-refractivity contribution in [2.24, 2.45) is 5.41 Å². The summed E-state index contributed by atoms with van der Waals surface area (Å²) in [4.78, 5) is 10.9. The Morgan fingerprint density at radius 3 is 2.54 bits per heavy atom. The van der Waals surface area contributed by atoms with E-state index in [1.54, 1.807) is 30.3 Å². The van der Waals surface area contributed by atoms with Gasteiger partial charge in [0, 0.05) is 18.1 Å². The lowest BCUT2D eigenvalue weighted by atomic mass is 9.72. The Morgan fingerprint density at radius 1 is 1.21 bits per heavy atom. The maximum atomic E-state index is 13.1. The third kappa shape index (κ3) is 3.18. The molecule has 0 radical (unpaired) electrons. The van der Waals surface area contributed by atoms with Crippen molar-refractivity contribution in [3.05, 3.63) is 70.0 Å². The number of hydrogen-bond donors (Lipinski definition) is 0. The number of halogens is 1. The molecule has 0 amide bonds. The summed E-state index contributed by atoms with van der Waals surface area (Å²) >= 11 is 0. The van der Waals surface area contributed by atoms with Gasteiger partial charge in [-0.3, -0.25) is 10.1 Å². The average molecular weight is 329 g/mol. The number of rotatable bonds is 3. The Morgan fingerprint density at radius 2 is 1.88 bits per heavy atom. The van der Waals surface area contributed by atoms with Crippen molar-refractivity contribution in [3.8, 4) is 0 Å². The molecule has 1 unspecified atom stereocenters. The third-order valence-corrected chi connectivity index (χ3v) is 4.13. The fourth-order valence-corrected chi connectivity index (χ4v) is 2.88. The Balaban J connectivity index is 1.96. The summed E-state index contributed by atoms with van der Waals surface area (Å²) < 4.78 is 24.9. The molecule has 1 atom stereocenters. The lowest BCUT2D eigenvalue weighted by Gasteiger charge is -2.41. The van der Waals surface area contributed by atoms with Crippen LogP contribution in [0.4, 0.5) is 10.1 Å². The molecular weight excluding hydrogens is 312 g/mol. The molecule has 3 rings (SSSR count). The summed E-state index contributed by atoms with van der Waals surface area (Å²) in [5, 5.41) is 11.3. The predicted octanol–water partition coefficient (Wildman–Crippen LogP) is 3.24.